The summed E-state index contributed by atoms with van der Waals surface area (Å²) in [6.07, 6.45) is 1.07. The van der Waals surface area contributed by atoms with Crippen LogP contribution in [0.25, 0.3) is 0 Å². The van der Waals surface area contributed by atoms with E-state index in [-0.39, 0.29) is 4.71 Å². The van der Waals surface area contributed by atoms with Gasteiger partial charge in [-0.2, -0.15) is 5.26 Å². The SMILES string of the molecule is CCSC1SC(C#N)=CN1NC(=O)OC. The van der Waals surface area contributed by atoms with Crippen LogP contribution in [0.15, 0.2) is 11.1 Å². The van der Waals surface area contributed by atoms with Crippen molar-refractivity contribution in [2.45, 2.75) is 11.6 Å². The van der Waals surface area contributed by atoms with Gasteiger partial charge in [0.15, 0.2) is 0 Å². The molecule has 1 rings (SSSR count). The molecule has 15 heavy (non-hydrogen) atoms. The van der Waals surface area contributed by atoms with Crippen LogP contribution in [0.2, 0.25) is 0 Å². The third-order valence-corrected chi connectivity index (χ3v) is 3.96. The first-order valence-corrected chi connectivity index (χ1v) is 6.17. The molecule has 1 aliphatic rings. The van der Waals surface area contributed by atoms with Crippen LogP contribution in [0.3, 0.4) is 0 Å². The summed E-state index contributed by atoms with van der Waals surface area (Å²) < 4.78 is 4.49. The maximum Gasteiger partial charge on any atom is 0.425 e. The summed E-state index contributed by atoms with van der Waals surface area (Å²) in [5, 5.41) is 10.3. The fourth-order valence-corrected chi connectivity index (χ4v) is 3.15. The summed E-state index contributed by atoms with van der Waals surface area (Å²) in [7, 11) is 1.30. The quantitative estimate of drug-likeness (QED) is 0.816. The van der Waals surface area contributed by atoms with Gasteiger partial charge in [-0.25, -0.2) is 10.2 Å². The topological polar surface area (TPSA) is 65.4 Å². The van der Waals surface area contributed by atoms with Gasteiger partial charge in [-0.15, -0.1) is 11.8 Å². The monoisotopic (exact) mass is 245 g/mol. The molecule has 5 nitrogen and oxygen atoms in total. The van der Waals surface area contributed by atoms with Crippen molar-refractivity contribution in [3.05, 3.63) is 11.1 Å². The van der Waals surface area contributed by atoms with E-state index in [1.54, 1.807) is 23.0 Å². The predicted octanol–water partition coefficient (Wildman–Crippen LogP) is 1.71. The normalized spacial score (nSPS) is 19.4. The Morgan fingerprint density at radius 2 is 2.67 bits per heavy atom. The van der Waals surface area contributed by atoms with E-state index < -0.39 is 6.09 Å². The van der Waals surface area contributed by atoms with Crippen molar-refractivity contribution in [2.75, 3.05) is 12.9 Å². The molecule has 0 aromatic heterocycles. The standard InChI is InChI=1S/C8H11N3O2S2/c1-3-14-8-11(10-7(12)13-2)5-6(4-9)15-8/h5,8H,3H2,1-2H3,(H,10,12). The lowest BCUT2D eigenvalue weighted by atomic mass is 10.6. The summed E-state index contributed by atoms with van der Waals surface area (Å²) in [6.45, 7) is 2.02. The van der Waals surface area contributed by atoms with E-state index in [0.29, 0.717) is 4.91 Å². The number of hydrazine groups is 1. The maximum absolute atomic E-state index is 11.0. The summed E-state index contributed by atoms with van der Waals surface area (Å²) in [6, 6.07) is 2.05. The first-order chi connectivity index (χ1) is 7.21. The van der Waals surface area contributed by atoms with Gasteiger partial charge in [-0.05, 0) is 5.75 Å². The molecular weight excluding hydrogens is 234 g/mol. The van der Waals surface area contributed by atoms with Crippen molar-refractivity contribution in [1.29, 1.82) is 5.26 Å². The van der Waals surface area contributed by atoms with Gasteiger partial charge < -0.3 is 4.74 Å². The van der Waals surface area contributed by atoms with Gasteiger partial charge in [0.25, 0.3) is 0 Å². The number of methoxy groups -OCH3 is 1. The number of carbonyl (C=O) groups excluding carboxylic acids is 1. The van der Waals surface area contributed by atoms with Crippen LogP contribution in [0, 0.1) is 11.3 Å². The highest BCUT2D eigenvalue weighted by atomic mass is 32.2. The third kappa shape index (κ3) is 3.25. The Morgan fingerprint density at radius 3 is 3.20 bits per heavy atom. The second-order valence-corrected chi connectivity index (χ2v) is 5.27. The number of amides is 1. The highest BCUT2D eigenvalue weighted by Crippen LogP contribution is 2.37. The molecule has 0 aromatic rings. The number of ether oxygens (including phenoxy) is 1. The lowest BCUT2D eigenvalue weighted by Gasteiger charge is -2.22. The van der Waals surface area contributed by atoms with Crippen LogP contribution in [-0.4, -0.2) is 28.7 Å². The van der Waals surface area contributed by atoms with Crippen molar-refractivity contribution in [3.8, 4) is 6.07 Å². The van der Waals surface area contributed by atoms with E-state index >= 15 is 0 Å². The van der Waals surface area contributed by atoms with Crippen LogP contribution in [0.4, 0.5) is 4.79 Å². The molecule has 0 radical (unpaired) electrons. The molecular formula is C8H11N3O2S2. The molecule has 0 aromatic carbocycles. The lowest BCUT2D eigenvalue weighted by molar-refractivity contribution is 0.146. The molecule has 1 N–H and O–H groups in total. The van der Waals surface area contributed by atoms with Crippen molar-refractivity contribution >= 4 is 29.6 Å². The Bertz CT molecular complexity index is 313. The molecule has 1 heterocycles. The van der Waals surface area contributed by atoms with Gasteiger partial charge in [-0.3, -0.25) is 5.01 Å². The summed E-state index contributed by atoms with van der Waals surface area (Å²) >= 11 is 3.05. The minimum Gasteiger partial charge on any atom is -0.452 e. The van der Waals surface area contributed by atoms with Crippen LogP contribution in [0.5, 0.6) is 0 Å². The number of nitrogens with one attached hydrogen (secondary N) is 1. The highest BCUT2D eigenvalue weighted by molar-refractivity contribution is 8.19. The number of carbonyl (C=O) groups is 1. The first-order valence-electron chi connectivity index (χ1n) is 4.24. The molecule has 7 heteroatoms. The number of rotatable bonds is 3. The van der Waals surface area contributed by atoms with Gasteiger partial charge in [-0.1, -0.05) is 18.7 Å². The predicted molar refractivity (Wildman–Crippen MR) is 60.6 cm³/mol. The molecule has 0 saturated heterocycles. The largest absolute Gasteiger partial charge is 0.452 e. The van der Waals surface area contributed by atoms with Crippen molar-refractivity contribution in [2.24, 2.45) is 0 Å². The zero-order valence-corrected chi connectivity index (χ0v) is 10.0. The average molecular weight is 245 g/mol. The van der Waals surface area contributed by atoms with Gasteiger partial charge in [0.2, 0.25) is 0 Å². The Kier molecular flexibility index (Phi) is 4.65. The smallest absolute Gasteiger partial charge is 0.425 e. The molecule has 1 aliphatic heterocycles. The molecule has 0 bridgehead atoms. The number of nitrogens with zero attached hydrogens (tertiary/aromatic N) is 2. The first kappa shape index (κ1) is 12.1. The van der Waals surface area contributed by atoms with Crippen LogP contribution >= 0.6 is 23.5 Å². The zero-order valence-electron chi connectivity index (χ0n) is 8.39. The van der Waals surface area contributed by atoms with E-state index in [4.69, 9.17) is 5.26 Å². The van der Waals surface area contributed by atoms with E-state index in [0.717, 1.165) is 5.75 Å². The minimum absolute atomic E-state index is 0.00347. The molecule has 82 valence electrons. The molecule has 0 aliphatic carbocycles. The Morgan fingerprint density at radius 1 is 1.93 bits per heavy atom. The number of hydrogen-bond acceptors (Lipinski definition) is 6. The number of thioether (sulfide) groups is 2. The van der Waals surface area contributed by atoms with E-state index in [9.17, 15) is 4.79 Å². The molecule has 1 unspecified atom stereocenters. The fourth-order valence-electron chi connectivity index (χ4n) is 0.931. The van der Waals surface area contributed by atoms with E-state index in [2.05, 4.69) is 16.2 Å². The Labute approximate surface area is 96.8 Å². The number of nitriles is 1. The Balaban J connectivity index is 2.61. The maximum atomic E-state index is 11.0. The average Bonchev–Trinajstić information content (AvgIpc) is 2.61. The van der Waals surface area contributed by atoms with Gasteiger partial charge in [0.1, 0.15) is 15.7 Å². The van der Waals surface area contributed by atoms with Crippen LogP contribution in [0.1, 0.15) is 6.92 Å². The summed E-state index contributed by atoms with van der Waals surface area (Å²) in [5.41, 5.74) is 2.53. The van der Waals surface area contributed by atoms with Gasteiger partial charge in [0, 0.05) is 6.20 Å². The fraction of sp³-hybridized carbons (Fsp3) is 0.500. The summed E-state index contributed by atoms with van der Waals surface area (Å²) in [4.78, 5) is 11.6. The second kappa shape index (κ2) is 5.78. The van der Waals surface area contributed by atoms with E-state index in [1.165, 1.54) is 18.9 Å². The minimum atomic E-state index is -0.534. The van der Waals surface area contributed by atoms with Gasteiger partial charge >= 0.3 is 6.09 Å². The Hall–Kier alpha value is -1.00. The van der Waals surface area contributed by atoms with Gasteiger partial charge in [0.05, 0.1) is 7.11 Å². The third-order valence-electron chi connectivity index (χ3n) is 1.54. The molecule has 0 saturated carbocycles. The molecule has 1 atom stereocenters. The molecule has 0 fully saturated rings. The van der Waals surface area contributed by atoms with E-state index in [1.807, 2.05) is 6.92 Å². The van der Waals surface area contributed by atoms with Crippen molar-refractivity contribution in [1.82, 2.24) is 10.4 Å². The second-order valence-electron chi connectivity index (χ2n) is 2.50. The van der Waals surface area contributed by atoms with Crippen LogP contribution < -0.4 is 5.43 Å². The highest BCUT2D eigenvalue weighted by Gasteiger charge is 2.26. The lowest BCUT2D eigenvalue weighted by Crippen LogP contribution is -2.40. The number of allylic oxidation sites excluding steroid dienone is 1. The van der Waals surface area contributed by atoms with Crippen LogP contribution in [-0.2, 0) is 4.74 Å². The molecule has 1 amide bonds. The summed E-state index contributed by atoms with van der Waals surface area (Å²) in [5.74, 6) is 0.906. The molecule has 0 spiro atoms. The zero-order chi connectivity index (χ0) is 11.3. The van der Waals surface area contributed by atoms with Crippen molar-refractivity contribution < 1.29 is 9.53 Å². The number of hydrogen-bond donors (Lipinski definition) is 1. The van der Waals surface area contributed by atoms with Crippen molar-refractivity contribution in [3.63, 3.8) is 0 Å².